The van der Waals surface area contributed by atoms with Gasteiger partial charge in [0.15, 0.2) is 11.5 Å². The Morgan fingerprint density at radius 1 is 1.33 bits per heavy atom. The highest BCUT2D eigenvalue weighted by Crippen LogP contribution is 2.22. The summed E-state index contributed by atoms with van der Waals surface area (Å²) in [4.78, 5) is 24.0. The maximum atomic E-state index is 12.3. The van der Waals surface area contributed by atoms with Crippen molar-refractivity contribution in [1.29, 1.82) is 0 Å². The fourth-order valence-electron chi connectivity index (χ4n) is 2.41. The molecule has 1 atom stereocenters. The zero-order chi connectivity index (χ0) is 15.4. The van der Waals surface area contributed by atoms with E-state index < -0.39 is 6.04 Å². The van der Waals surface area contributed by atoms with Gasteiger partial charge in [-0.15, -0.1) is 0 Å². The molecule has 116 valence electrons. The van der Waals surface area contributed by atoms with E-state index in [2.05, 4.69) is 15.8 Å². The van der Waals surface area contributed by atoms with Crippen molar-refractivity contribution in [1.82, 2.24) is 10.5 Å². The van der Waals surface area contributed by atoms with Gasteiger partial charge < -0.3 is 20.9 Å². The molecule has 1 aliphatic carbocycles. The Labute approximate surface area is 123 Å². The summed E-state index contributed by atoms with van der Waals surface area (Å²) in [6, 6.07) is -0.506. The second-order valence-electron chi connectivity index (χ2n) is 5.55. The Morgan fingerprint density at radius 2 is 2.00 bits per heavy atom. The van der Waals surface area contributed by atoms with Crippen LogP contribution in [0.15, 0.2) is 4.52 Å². The van der Waals surface area contributed by atoms with Crippen LogP contribution in [0.4, 0.5) is 5.69 Å². The van der Waals surface area contributed by atoms with Crippen molar-refractivity contribution in [2.24, 2.45) is 5.73 Å². The van der Waals surface area contributed by atoms with Gasteiger partial charge in [0.1, 0.15) is 5.69 Å². The lowest BCUT2D eigenvalue weighted by molar-refractivity contribution is -0.117. The Morgan fingerprint density at radius 3 is 2.62 bits per heavy atom. The summed E-state index contributed by atoms with van der Waals surface area (Å²) in [7, 11) is 0. The average Bonchev–Trinajstić information content (AvgIpc) is 2.81. The van der Waals surface area contributed by atoms with Crippen molar-refractivity contribution >= 4 is 17.5 Å². The molecule has 0 bridgehead atoms. The minimum atomic E-state index is -0.673. The maximum Gasteiger partial charge on any atom is 0.275 e. The van der Waals surface area contributed by atoms with Crippen LogP contribution in [0.1, 0.15) is 55.3 Å². The number of nitrogens with zero attached hydrogens (tertiary/aromatic N) is 1. The summed E-state index contributed by atoms with van der Waals surface area (Å²) >= 11 is 0. The predicted octanol–water partition coefficient (Wildman–Crippen LogP) is 1.33. The molecule has 1 aromatic rings. The molecule has 1 aromatic heterocycles. The summed E-state index contributed by atoms with van der Waals surface area (Å²) in [6.07, 6.45) is 5.41. The highest BCUT2D eigenvalue weighted by atomic mass is 16.5. The molecule has 1 heterocycles. The third-order valence-electron chi connectivity index (χ3n) is 3.68. The van der Waals surface area contributed by atoms with Crippen LogP contribution in [0.5, 0.6) is 0 Å². The van der Waals surface area contributed by atoms with Crippen molar-refractivity contribution in [2.45, 2.75) is 58.0 Å². The quantitative estimate of drug-likeness (QED) is 0.776. The van der Waals surface area contributed by atoms with Gasteiger partial charge >= 0.3 is 0 Å². The number of nitrogens with two attached hydrogens (primary N) is 1. The molecule has 1 saturated carbocycles. The third-order valence-corrected chi connectivity index (χ3v) is 3.68. The molecule has 0 radical (unpaired) electrons. The highest BCUT2D eigenvalue weighted by Gasteiger charge is 2.25. The van der Waals surface area contributed by atoms with Crippen molar-refractivity contribution in [2.75, 3.05) is 5.32 Å². The van der Waals surface area contributed by atoms with Gasteiger partial charge in [0.05, 0.1) is 6.04 Å². The van der Waals surface area contributed by atoms with Crippen LogP contribution in [0.3, 0.4) is 0 Å². The summed E-state index contributed by atoms with van der Waals surface area (Å²) in [5.74, 6) is -0.315. The SMILES string of the molecule is Cc1onc(C(=O)NC2CCCCC2)c1NC(=O)C(C)N. The van der Waals surface area contributed by atoms with Crippen LogP contribution in [-0.4, -0.2) is 29.1 Å². The Bertz CT molecular complexity index is 518. The van der Waals surface area contributed by atoms with Crippen molar-refractivity contribution in [3.8, 4) is 0 Å². The van der Waals surface area contributed by atoms with E-state index in [1.54, 1.807) is 13.8 Å². The van der Waals surface area contributed by atoms with Gasteiger partial charge in [0.2, 0.25) is 5.91 Å². The lowest BCUT2D eigenvalue weighted by Gasteiger charge is -2.22. The number of aryl methyl sites for hydroxylation is 1. The molecular formula is C14H22N4O3. The number of anilines is 1. The number of amides is 2. The molecule has 1 unspecified atom stereocenters. The van der Waals surface area contributed by atoms with Crippen LogP contribution in [-0.2, 0) is 4.79 Å². The molecule has 0 spiro atoms. The smallest absolute Gasteiger partial charge is 0.275 e. The number of nitrogens with one attached hydrogen (secondary N) is 2. The molecular weight excluding hydrogens is 272 g/mol. The van der Waals surface area contributed by atoms with Crippen LogP contribution < -0.4 is 16.4 Å². The van der Waals surface area contributed by atoms with Crippen molar-refractivity contribution in [3.05, 3.63) is 11.5 Å². The number of hydrogen-bond acceptors (Lipinski definition) is 5. The van der Waals surface area contributed by atoms with E-state index in [0.29, 0.717) is 11.4 Å². The van der Waals surface area contributed by atoms with Crippen LogP contribution in [0, 0.1) is 6.92 Å². The van der Waals surface area contributed by atoms with Crippen LogP contribution >= 0.6 is 0 Å². The van der Waals surface area contributed by atoms with Gasteiger partial charge in [0, 0.05) is 6.04 Å². The first kappa shape index (κ1) is 15.5. The molecule has 7 nitrogen and oxygen atoms in total. The van der Waals surface area contributed by atoms with E-state index in [1.165, 1.54) is 6.42 Å². The fraction of sp³-hybridized carbons (Fsp3) is 0.643. The van der Waals surface area contributed by atoms with Crippen LogP contribution in [0.2, 0.25) is 0 Å². The first-order valence-electron chi connectivity index (χ1n) is 7.32. The summed E-state index contributed by atoms with van der Waals surface area (Å²) in [6.45, 7) is 3.21. The van der Waals surface area contributed by atoms with Crippen LogP contribution in [0.25, 0.3) is 0 Å². The zero-order valence-electron chi connectivity index (χ0n) is 12.4. The standard InChI is InChI=1S/C14H22N4O3/c1-8(15)13(19)17-11-9(2)21-18-12(11)14(20)16-10-6-4-3-5-7-10/h8,10H,3-7,15H2,1-2H3,(H,16,20)(H,17,19). The molecule has 0 aromatic carbocycles. The molecule has 4 N–H and O–H groups in total. The van der Waals surface area contributed by atoms with E-state index in [-0.39, 0.29) is 23.6 Å². The van der Waals surface area contributed by atoms with E-state index >= 15 is 0 Å². The second kappa shape index (κ2) is 6.71. The molecule has 1 fully saturated rings. The van der Waals surface area contributed by atoms with Gasteiger partial charge in [-0.3, -0.25) is 9.59 Å². The molecule has 7 heteroatoms. The van der Waals surface area contributed by atoms with Gasteiger partial charge in [-0.05, 0) is 26.7 Å². The monoisotopic (exact) mass is 294 g/mol. The minimum Gasteiger partial charge on any atom is -0.359 e. The number of rotatable bonds is 4. The first-order chi connectivity index (χ1) is 9.99. The largest absolute Gasteiger partial charge is 0.359 e. The number of carbonyl (C=O) groups excluding carboxylic acids is 2. The number of carbonyl (C=O) groups is 2. The van der Waals surface area contributed by atoms with Crippen molar-refractivity contribution in [3.63, 3.8) is 0 Å². The predicted molar refractivity (Wildman–Crippen MR) is 77.9 cm³/mol. The minimum absolute atomic E-state index is 0.104. The summed E-state index contributed by atoms with van der Waals surface area (Å²) in [5, 5.41) is 9.29. The lowest BCUT2D eigenvalue weighted by Crippen LogP contribution is -2.37. The van der Waals surface area contributed by atoms with Gasteiger partial charge in [0.25, 0.3) is 5.91 Å². The molecule has 2 rings (SSSR count). The lowest BCUT2D eigenvalue weighted by atomic mass is 9.95. The van der Waals surface area contributed by atoms with E-state index in [0.717, 1.165) is 25.7 Å². The first-order valence-corrected chi connectivity index (χ1v) is 7.32. The summed E-state index contributed by atoms with van der Waals surface area (Å²) in [5.41, 5.74) is 5.92. The Kier molecular flexibility index (Phi) is 4.95. The molecule has 1 aliphatic rings. The number of aromatic nitrogens is 1. The number of hydrogen-bond donors (Lipinski definition) is 3. The molecule has 0 saturated heterocycles. The van der Waals surface area contributed by atoms with Gasteiger partial charge in [-0.1, -0.05) is 24.4 Å². The highest BCUT2D eigenvalue weighted by molar-refractivity contribution is 6.03. The topological polar surface area (TPSA) is 110 Å². The normalized spacial score (nSPS) is 17.3. The average molecular weight is 294 g/mol. The van der Waals surface area contributed by atoms with Crippen molar-refractivity contribution < 1.29 is 14.1 Å². The van der Waals surface area contributed by atoms with Gasteiger partial charge in [-0.25, -0.2) is 0 Å². The second-order valence-corrected chi connectivity index (χ2v) is 5.55. The molecule has 2 amide bonds. The van der Waals surface area contributed by atoms with E-state index in [4.69, 9.17) is 10.3 Å². The van der Waals surface area contributed by atoms with Gasteiger partial charge in [-0.2, -0.15) is 0 Å². The molecule has 0 aliphatic heterocycles. The van der Waals surface area contributed by atoms with E-state index in [1.807, 2.05) is 0 Å². The summed E-state index contributed by atoms with van der Waals surface area (Å²) < 4.78 is 5.02. The Balaban J connectivity index is 2.08. The Hall–Kier alpha value is -1.89. The molecule has 21 heavy (non-hydrogen) atoms. The van der Waals surface area contributed by atoms with E-state index in [9.17, 15) is 9.59 Å². The fourth-order valence-corrected chi connectivity index (χ4v) is 2.41. The zero-order valence-corrected chi connectivity index (χ0v) is 12.4. The maximum absolute atomic E-state index is 12.3. The third kappa shape index (κ3) is 3.81.